The van der Waals surface area contributed by atoms with E-state index in [-0.39, 0.29) is 12.0 Å². The molecule has 6 heteroatoms. The SMILES string of the molecule is O=C(c1ccc2c(c1)OCCO2)N(Cc1ccsc1)C[C@H]1CCCO1. The first-order valence-electron chi connectivity index (χ1n) is 8.61. The molecule has 1 aromatic carbocycles. The summed E-state index contributed by atoms with van der Waals surface area (Å²) in [4.78, 5) is 15.0. The maximum absolute atomic E-state index is 13.1. The number of carbonyl (C=O) groups excluding carboxylic acids is 1. The lowest BCUT2D eigenvalue weighted by Gasteiger charge is -2.26. The Labute approximate surface area is 151 Å². The van der Waals surface area contributed by atoms with Gasteiger partial charge < -0.3 is 19.1 Å². The third-order valence-corrected chi connectivity index (χ3v) is 5.21. The average Bonchev–Trinajstić information content (AvgIpc) is 3.34. The van der Waals surface area contributed by atoms with Crippen LogP contribution in [-0.4, -0.2) is 43.3 Å². The Morgan fingerprint density at radius 3 is 2.80 bits per heavy atom. The number of hydrogen-bond acceptors (Lipinski definition) is 5. The van der Waals surface area contributed by atoms with Crippen LogP contribution in [0.15, 0.2) is 35.0 Å². The normalized spacial score (nSPS) is 19.0. The molecule has 4 rings (SSSR count). The Morgan fingerprint density at radius 2 is 2.04 bits per heavy atom. The summed E-state index contributed by atoms with van der Waals surface area (Å²) in [5.74, 6) is 1.34. The smallest absolute Gasteiger partial charge is 0.254 e. The van der Waals surface area contributed by atoms with E-state index in [4.69, 9.17) is 14.2 Å². The van der Waals surface area contributed by atoms with E-state index in [9.17, 15) is 4.79 Å². The minimum Gasteiger partial charge on any atom is -0.486 e. The van der Waals surface area contributed by atoms with Gasteiger partial charge in [0, 0.05) is 25.3 Å². The fourth-order valence-electron chi connectivity index (χ4n) is 3.22. The molecule has 2 aliphatic heterocycles. The van der Waals surface area contributed by atoms with Gasteiger partial charge in [-0.15, -0.1) is 0 Å². The second kappa shape index (κ2) is 7.45. The van der Waals surface area contributed by atoms with Crippen molar-refractivity contribution in [2.45, 2.75) is 25.5 Å². The molecule has 0 aliphatic carbocycles. The summed E-state index contributed by atoms with van der Waals surface area (Å²) in [6.07, 6.45) is 2.20. The highest BCUT2D eigenvalue weighted by Gasteiger charge is 2.25. The van der Waals surface area contributed by atoms with Crippen LogP contribution in [-0.2, 0) is 11.3 Å². The van der Waals surface area contributed by atoms with Crippen LogP contribution in [0.2, 0.25) is 0 Å². The molecule has 2 aliphatic rings. The van der Waals surface area contributed by atoms with Crippen molar-refractivity contribution in [2.75, 3.05) is 26.4 Å². The molecule has 1 aromatic heterocycles. The molecule has 1 saturated heterocycles. The third-order valence-electron chi connectivity index (χ3n) is 4.48. The zero-order valence-electron chi connectivity index (χ0n) is 14.0. The van der Waals surface area contributed by atoms with Crippen LogP contribution < -0.4 is 9.47 Å². The number of thiophene rings is 1. The van der Waals surface area contributed by atoms with Crippen LogP contribution in [0.1, 0.15) is 28.8 Å². The largest absolute Gasteiger partial charge is 0.486 e. The summed E-state index contributed by atoms with van der Waals surface area (Å²) in [6.45, 7) is 3.05. The lowest BCUT2D eigenvalue weighted by atomic mass is 10.1. The number of ether oxygens (including phenoxy) is 3. The minimum atomic E-state index is -0.00123. The van der Waals surface area contributed by atoms with E-state index in [1.165, 1.54) is 0 Å². The Kier molecular flexibility index (Phi) is 4.90. The van der Waals surface area contributed by atoms with Gasteiger partial charge in [0.1, 0.15) is 13.2 Å². The van der Waals surface area contributed by atoms with Crippen molar-refractivity contribution in [1.82, 2.24) is 4.90 Å². The van der Waals surface area contributed by atoms with Gasteiger partial charge in [-0.05, 0) is 53.4 Å². The zero-order chi connectivity index (χ0) is 17.1. The predicted octanol–water partition coefficient (Wildman–Crippen LogP) is 3.34. The van der Waals surface area contributed by atoms with Gasteiger partial charge >= 0.3 is 0 Å². The Morgan fingerprint density at radius 1 is 1.16 bits per heavy atom. The molecule has 5 nitrogen and oxygen atoms in total. The molecule has 0 saturated carbocycles. The highest BCUT2D eigenvalue weighted by molar-refractivity contribution is 7.07. The molecule has 0 bridgehead atoms. The van der Waals surface area contributed by atoms with Crippen LogP contribution in [0, 0.1) is 0 Å². The first-order chi connectivity index (χ1) is 12.3. The molecular formula is C19H21NO4S. The number of fused-ring (bicyclic) bond motifs is 1. The van der Waals surface area contributed by atoms with Crippen molar-refractivity contribution < 1.29 is 19.0 Å². The average molecular weight is 359 g/mol. The fraction of sp³-hybridized carbons (Fsp3) is 0.421. The highest BCUT2D eigenvalue weighted by Crippen LogP contribution is 2.31. The Hall–Kier alpha value is -2.05. The van der Waals surface area contributed by atoms with Crippen LogP contribution in [0.4, 0.5) is 0 Å². The van der Waals surface area contributed by atoms with Crippen LogP contribution in [0.5, 0.6) is 11.5 Å². The second-order valence-corrected chi connectivity index (χ2v) is 7.09. The van der Waals surface area contributed by atoms with Crippen molar-refractivity contribution in [3.8, 4) is 11.5 Å². The summed E-state index contributed by atoms with van der Waals surface area (Å²) in [6, 6.07) is 7.47. The van der Waals surface area contributed by atoms with Gasteiger partial charge in [-0.1, -0.05) is 0 Å². The predicted molar refractivity (Wildman–Crippen MR) is 95.5 cm³/mol. The van der Waals surface area contributed by atoms with Crippen molar-refractivity contribution in [1.29, 1.82) is 0 Å². The molecule has 0 unspecified atom stereocenters. The first kappa shape index (κ1) is 16.4. The van der Waals surface area contributed by atoms with Gasteiger partial charge in [-0.25, -0.2) is 0 Å². The zero-order valence-corrected chi connectivity index (χ0v) is 14.8. The van der Waals surface area contributed by atoms with E-state index < -0.39 is 0 Å². The van der Waals surface area contributed by atoms with Gasteiger partial charge in [0.15, 0.2) is 11.5 Å². The van der Waals surface area contributed by atoms with E-state index >= 15 is 0 Å². The third kappa shape index (κ3) is 3.80. The maximum Gasteiger partial charge on any atom is 0.254 e. The van der Waals surface area contributed by atoms with Gasteiger partial charge in [-0.3, -0.25) is 4.79 Å². The molecule has 1 fully saturated rings. The van der Waals surface area contributed by atoms with Crippen LogP contribution in [0.25, 0.3) is 0 Å². The molecule has 25 heavy (non-hydrogen) atoms. The summed E-state index contributed by atoms with van der Waals surface area (Å²) >= 11 is 1.64. The minimum absolute atomic E-state index is 0.00123. The van der Waals surface area contributed by atoms with Crippen molar-refractivity contribution in [2.24, 2.45) is 0 Å². The maximum atomic E-state index is 13.1. The lowest BCUT2D eigenvalue weighted by molar-refractivity contribution is 0.0507. The quantitative estimate of drug-likeness (QED) is 0.821. The summed E-state index contributed by atoms with van der Waals surface area (Å²) in [5, 5.41) is 4.12. The van der Waals surface area contributed by atoms with Crippen molar-refractivity contribution in [3.63, 3.8) is 0 Å². The second-order valence-electron chi connectivity index (χ2n) is 6.31. The number of nitrogens with zero attached hydrogens (tertiary/aromatic N) is 1. The van der Waals surface area contributed by atoms with E-state index in [1.54, 1.807) is 17.4 Å². The fourth-order valence-corrected chi connectivity index (χ4v) is 3.88. The van der Waals surface area contributed by atoms with E-state index in [1.807, 2.05) is 22.4 Å². The molecule has 1 amide bonds. The molecule has 0 spiro atoms. The standard InChI is InChI=1S/C19H21NO4S/c21-19(15-3-4-17-18(10-15)24-8-7-23-17)20(11-14-5-9-25-13-14)12-16-2-1-6-22-16/h3-5,9-10,13,16H,1-2,6-8,11-12H2/t16-/m1/s1. The highest BCUT2D eigenvalue weighted by atomic mass is 32.1. The lowest BCUT2D eigenvalue weighted by Crippen LogP contribution is -2.37. The monoisotopic (exact) mass is 359 g/mol. The molecule has 0 N–H and O–H groups in total. The number of amides is 1. The van der Waals surface area contributed by atoms with E-state index in [2.05, 4.69) is 11.4 Å². The Bertz CT molecular complexity index is 725. The summed E-state index contributed by atoms with van der Waals surface area (Å²) in [7, 11) is 0. The number of carbonyl (C=O) groups is 1. The molecule has 132 valence electrons. The van der Waals surface area contributed by atoms with Gasteiger partial charge in [-0.2, -0.15) is 11.3 Å². The molecule has 3 heterocycles. The van der Waals surface area contributed by atoms with Crippen LogP contribution >= 0.6 is 11.3 Å². The van der Waals surface area contributed by atoms with E-state index in [0.717, 1.165) is 25.0 Å². The number of benzene rings is 1. The van der Waals surface area contributed by atoms with Gasteiger partial charge in [0.25, 0.3) is 5.91 Å². The summed E-state index contributed by atoms with van der Waals surface area (Å²) in [5.41, 5.74) is 1.77. The number of rotatable bonds is 5. The number of hydrogen-bond donors (Lipinski definition) is 0. The van der Waals surface area contributed by atoms with Gasteiger partial charge in [0.2, 0.25) is 0 Å². The summed E-state index contributed by atoms with van der Waals surface area (Å²) < 4.78 is 16.9. The van der Waals surface area contributed by atoms with Crippen molar-refractivity contribution in [3.05, 3.63) is 46.2 Å². The van der Waals surface area contributed by atoms with Crippen molar-refractivity contribution >= 4 is 17.2 Å². The molecule has 1 atom stereocenters. The topological polar surface area (TPSA) is 48.0 Å². The molecule has 0 radical (unpaired) electrons. The molecule has 2 aromatic rings. The van der Waals surface area contributed by atoms with E-state index in [0.29, 0.717) is 43.4 Å². The first-order valence-corrected chi connectivity index (χ1v) is 9.55. The van der Waals surface area contributed by atoms with Gasteiger partial charge in [0.05, 0.1) is 6.10 Å². The Balaban J connectivity index is 1.55. The van der Waals surface area contributed by atoms with Crippen LogP contribution in [0.3, 0.4) is 0 Å². The molecular weight excluding hydrogens is 338 g/mol.